The maximum Gasteiger partial charge on any atom is -0.00232 e. The normalized spacial score (nSPS) is 16.2. The van der Waals surface area contributed by atoms with Crippen molar-refractivity contribution in [1.82, 2.24) is 0 Å². The van der Waals surface area contributed by atoms with Crippen LogP contribution in [-0.4, -0.2) is 6.54 Å². The Bertz CT molecular complexity index is 120. The van der Waals surface area contributed by atoms with Gasteiger partial charge in [-0.2, -0.15) is 0 Å². The lowest BCUT2D eigenvalue weighted by Crippen LogP contribution is -2.27. The topological polar surface area (TPSA) is 26.0 Å². The van der Waals surface area contributed by atoms with Crippen LogP contribution in [0.3, 0.4) is 0 Å². The summed E-state index contributed by atoms with van der Waals surface area (Å²) in [5, 5.41) is 0. The monoisotopic (exact) mass is 185 g/mol. The molecule has 13 heavy (non-hydrogen) atoms. The first-order valence-electron chi connectivity index (χ1n) is 5.74. The van der Waals surface area contributed by atoms with E-state index < -0.39 is 0 Å². The van der Waals surface area contributed by atoms with Crippen molar-refractivity contribution in [2.75, 3.05) is 6.54 Å². The molecule has 1 nitrogen and oxygen atoms in total. The molecule has 0 rings (SSSR count). The highest BCUT2D eigenvalue weighted by Gasteiger charge is 2.20. The Labute approximate surface area is 84.1 Å². The molecular weight excluding hydrogens is 158 g/mol. The van der Waals surface area contributed by atoms with Gasteiger partial charge in [0.1, 0.15) is 0 Å². The van der Waals surface area contributed by atoms with Crippen molar-refractivity contribution in [3.8, 4) is 0 Å². The van der Waals surface area contributed by atoms with E-state index >= 15 is 0 Å². The van der Waals surface area contributed by atoms with E-state index in [9.17, 15) is 0 Å². The van der Waals surface area contributed by atoms with Crippen molar-refractivity contribution < 1.29 is 0 Å². The van der Waals surface area contributed by atoms with Crippen molar-refractivity contribution in [3.05, 3.63) is 0 Å². The van der Waals surface area contributed by atoms with E-state index in [0.29, 0.717) is 5.41 Å². The molecular formula is C12H27N. The lowest BCUT2D eigenvalue weighted by molar-refractivity contribution is 0.264. The highest BCUT2D eigenvalue weighted by Crippen LogP contribution is 2.29. The SMILES string of the molecule is CCCC(C)(CN)CCCC(C)C. The first-order chi connectivity index (χ1) is 6.04. The quantitative estimate of drug-likeness (QED) is 0.644. The fraction of sp³-hybridized carbons (Fsp3) is 1.00. The van der Waals surface area contributed by atoms with E-state index in [1.54, 1.807) is 0 Å². The highest BCUT2D eigenvalue weighted by molar-refractivity contribution is 4.74. The van der Waals surface area contributed by atoms with E-state index in [1.807, 2.05) is 0 Å². The zero-order chi connectivity index (χ0) is 10.3. The number of hydrogen-bond donors (Lipinski definition) is 1. The summed E-state index contributed by atoms with van der Waals surface area (Å²) in [6, 6.07) is 0. The molecule has 1 unspecified atom stereocenters. The van der Waals surface area contributed by atoms with E-state index in [1.165, 1.54) is 32.1 Å². The van der Waals surface area contributed by atoms with Crippen LogP contribution >= 0.6 is 0 Å². The van der Waals surface area contributed by atoms with Gasteiger partial charge in [0.05, 0.1) is 0 Å². The Morgan fingerprint density at radius 2 is 1.85 bits per heavy atom. The molecule has 0 saturated heterocycles. The summed E-state index contributed by atoms with van der Waals surface area (Å²) in [5.41, 5.74) is 6.22. The van der Waals surface area contributed by atoms with Crippen LogP contribution in [0.2, 0.25) is 0 Å². The second kappa shape index (κ2) is 6.42. The fourth-order valence-electron chi connectivity index (χ4n) is 1.87. The second-order valence-corrected chi connectivity index (χ2v) is 5.05. The van der Waals surface area contributed by atoms with Gasteiger partial charge >= 0.3 is 0 Å². The van der Waals surface area contributed by atoms with Crippen molar-refractivity contribution in [2.24, 2.45) is 17.1 Å². The van der Waals surface area contributed by atoms with E-state index in [2.05, 4.69) is 27.7 Å². The smallest absolute Gasteiger partial charge is 0.00232 e. The predicted molar refractivity (Wildman–Crippen MR) is 60.8 cm³/mol. The summed E-state index contributed by atoms with van der Waals surface area (Å²) in [5.74, 6) is 0.837. The minimum absolute atomic E-state index is 0.406. The van der Waals surface area contributed by atoms with Crippen molar-refractivity contribution in [2.45, 2.75) is 59.8 Å². The van der Waals surface area contributed by atoms with Crippen molar-refractivity contribution in [3.63, 3.8) is 0 Å². The zero-order valence-corrected chi connectivity index (χ0v) is 9.90. The Morgan fingerprint density at radius 1 is 1.23 bits per heavy atom. The van der Waals surface area contributed by atoms with E-state index in [4.69, 9.17) is 5.73 Å². The minimum atomic E-state index is 0.406. The molecule has 0 amide bonds. The van der Waals surface area contributed by atoms with Crippen LogP contribution in [0.25, 0.3) is 0 Å². The molecule has 0 spiro atoms. The molecule has 1 atom stereocenters. The first kappa shape index (κ1) is 13.0. The van der Waals surface area contributed by atoms with Gasteiger partial charge in [-0.1, -0.05) is 47.0 Å². The Balaban J connectivity index is 3.69. The number of hydrogen-bond acceptors (Lipinski definition) is 1. The van der Waals surface area contributed by atoms with Crippen LogP contribution in [0.4, 0.5) is 0 Å². The van der Waals surface area contributed by atoms with Crippen LogP contribution in [0.5, 0.6) is 0 Å². The predicted octanol–water partition coefficient (Wildman–Crippen LogP) is 3.58. The third kappa shape index (κ3) is 6.09. The van der Waals surface area contributed by atoms with Gasteiger partial charge in [0.2, 0.25) is 0 Å². The average Bonchev–Trinajstić information content (AvgIpc) is 2.04. The molecule has 0 aromatic heterocycles. The number of rotatable bonds is 7. The summed E-state index contributed by atoms with van der Waals surface area (Å²) in [6.07, 6.45) is 6.52. The molecule has 1 heteroatoms. The first-order valence-corrected chi connectivity index (χ1v) is 5.74. The van der Waals surface area contributed by atoms with Gasteiger partial charge in [-0.15, -0.1) is 0 Å². The third-order valence-electron chi connectivity index (χ3n) is 2.91. The third-order valence-corrected chi connectivity index (χ3v) is 2.91. The zero-order valence-electron chi connectivity index (χ0n) is 9.90. The molecule has 2 N–H and O–H groups in total. The highest BCUT2D eigenvalue weighted by atomic mass is 14.6. The Morgan fingerprint density at radius 3 is 2.23 bits per heavy atom. The lowest BCUT2D eigenvalue weighted by atomic mass is 9.80. The van der Waals surface area contributed by atoms with Gasteiger partial charge in [-0.3, -0.25) is 0 Å². The maximum atomic E-state index is 5.81. The molecule has 0 aromatic carbocycles. The van der Waals surface area contributed by atoms with Gasteiger partial charge in [0, 0.05) is 0 Å². The van der Waals surface area contributed by atoms with Crippen LogP contribution in [0.15, 0.2) is 0 Å². The molecule has 0 bridgehead atoms. The Hall–Kier alpha value is -0.0400. The molecule has 0 aliphatic rings. The molecule has 0 heterocycles. The molecule has 0 aromatic rings. The number of nitrogens with two attached hydrogens (primary N) is 1. The molecule has 0 aliphatic carbocycles. The molecule has 0 aliphatic heterocycles. The minimum Gasteiger partial charge on any atom is -0.330 e. The van der Waals surface area contributed by atoms with Gasteiger partial charge in [-0.25, -0.2) is 0 Å². The van der Waals surface area contributed by atoms with Crippen LogP contribution in [0.1, 0.15) is 59.8 Å². The van der Waals surface area contributed by atoms with Gasteiger partial charge in [0.15, 0.2) is 0 Å². The van der Waals surface area contributed by atoms with Crippen molar-refractivity contribution in [1.29, 1.82) is 0 Å². The summed E-state index contributed by atoms with van der Waals surface area (Å²) in [4.78, 5) is 0. The summed E-state index contributed by atoms with van der Waals surface area (Å²) in [7, 11) is 0. The molecule has 0 saturated carbocycles. The molecule has 0 fully saturated rings. The summed E-state index contributed by atoms with van der Waals surface area (Å²) in [6.45, 7) is 10.0. The van der Waals surface area contributed by atoms with Crippen LogP contribution < -0.4 is 5.73 Å². The summed E-state index contributed by atoms with van der Waals surface area (Å²) < 4.78 is 0. The van der Waals surface area contributed by atoms with Gasteiger partial charge in [-0.05, 0) is 30.7 Å². The van der Waals surface area contributed by atoms with Gasteiger partial charge < -0.3 is 5.73 Å². The lowest BCUT2D eigenvalue weighted by Gasteiger charge is -2.27. The van der Waals surface area contributed by atoms with Crippen LogP contribution in [0, 0.1) is 11.3 Å². The Kier molecular flexibility index (Phi) is 6.40. The molecule has 0 radical (unpaired) electrons. The van der Waals surface area contributed by atoms with E-state index in [0.717, 1.165) is 12.5 Å². The van der Waals surface area contributed by atoms with Gasteiger partial charge in [0.25, 0.3) is 0 Å². The largest absolute Gasteiger partial charge is 0.330 e. The van der Waals surface area contributed by atoms with E-state index in [-0.39, 0.29) is 0 Å². The standard InChI is InChI=1S/C12H27N/c1-5-8-12(4,10-13)9-6-7-11(2)3/h11H,5-10,13H2,1-4H3. The maximum absolute atomic E-state index is 5.81. The van der Waals surface area contributed by atoms with Crippen molar-refractivity contribution >= 4 is 0 Å². The second-order valence-electron chi connectivity index (χ2n) is 5.05. The average molecular weight is 185 g/mol. The van der Waals surface area contributed by atoms with Crippen LogP contribution in [-0.2, 0) is 0 Å². The summed E-state index contributed by atoms with van der Waals surface area (Å²) >= 11 is 0. The molecule has 80 valence electrons. The fourth-order valence-corrected chi connectivity index (χ4v) is 1.87.